The lowest BCUT2D eigenvalue weighted by Crippen LogP contribution is -2.47. The van der Waals surface area contributed by atoms with Crippen molar-refractivity contribution >= 4 is 0 Å². The molecule has 1 N–H and O–H groups in total. The van der Waals surface area contributed by atoms with E-state index >= 15 is 0 Å². The second-order valence-electron chi connectivity index (χ2n) is 4.26. The summed E-state index contributed by atoms with van der Waals surface area (Å²) < 4.78 is 11.2. The van der Waals surface area contributed by atoms with Gasteiger partial charge in [0, 0.05) is 25.7 Å². The Labute approximate surface area is 92.9 Å². The van der Waals surface area contributed by atoms with Crippen molar-refractivity contribution in [2.75, 3.05) is 46.5 Å². The smallest absolute Gasteiger partial charge is 0.0935 e. The predicted octanol–water partition coefficient (Wildman–Crippen LogP) is 0.332. The van der Waals surface area contributed by atoms with E-state index in [0.29, 0.717) is 12.6 Å². The molecule has 1 unspecified atom stereocenters. The molecular formula is C11H24N2O2. The van der Waals surface area contributed by atoms with Crippen LogP contribution in [0.15, 0.2) is 0 Å². The Balaban J connectivity index is 2.13. The average Bonchev–Trinajstić information content (AvgIpc) is 2.25. The molecule has 15 heavy (non-hydrogen) atoms. The van der Waals surface area contributed by atoms with Gasteiger partial charge in [0.15, 0.2) is 0 Å². The Morgan fingerprint density at radius 3 is 3.00 bits per heavy atom. The van der Waals surface area contributed by atoms with Gasteiger partial charge < -0.3 is 14.8 Å². The normalized spacial score (nSPS) is 23.6. The molecule has 1 saturated heterocycles. The molecule has 1 aliphatic rings. The summed E-state index contributed by atoms with van der Waals surface area (Å²) >= 11 is 0. The van der Waals surface area contributed by atoms with E-state index in [-0.39, 0.29) is 6.10 Å². The minimum atomic E-state index is 0.248. The van der Waals surface area contributed by atoms with Gasteiger partial charge in [0.05, 0.1) is 25.9 Å². The van der Waals surface area contributed by atoms with Crippen molar-refractivity contribution in [1.29, 1.82) is 0 Å². The summed E-state index contributed by atoms with van der Waals surface area (Å²) in [5.41, 5.74) is 0. The second kappa shape index (κ2) is 7.17. The molecule has 90 valence electrons. The minimum absolute atomic E-state index is 0.248. The molecule has 0 aliphatic carbocycles. The fourth-order valence-corrected chi connectivity index (χ4v) is 1.70. The maximum atomic E-state index is 5.65. The number of rotatable bonds is 6. The summed E-state index contributed by atoms with van der Waals surface area (Å²) in [4.78, 5) is 2.44. The van der Waals surface area contributed by atoms with Gasteiger partial charge in [-0.3, -0.25) is 4.90 Å². The van der Waals surface area contributed by atoms with Crippen LogP contribution in [0.5, 0.6) is 0 Å². The fourth-order valence-electron chi connectivity index (χ4n) is 1.70. The highest BCUT2D eigenvalue weighted by atomic mass is 16.5. The van der Waals surface area contributed by atoms with Gasteiger partial charge in [0.25, 0.3) is 0 Å². The van der Waals surface area contributed by atoms with Gasteiger partial charge in [-0.2, -0.15) is 0 Å². The van der Waals surface area contributed by atoms with Gasteiger partial charge >= 0.3 is 0 Å². The zero-order valence-corrected chi connectivity index (χ0v) is 10.2. The quantitative estimate of drug-likeness (QED) is 0.649. The molecule has 1 fully saturated rings. The molecule has 1 rings (SSSR count). The largest absolute Gasteiger partial charge is 0.377 e. The Kier molecular flexibility index (Phi) is 6.17. The molecule has 0 radical (unpaired) electrons. The van der Waals surface area contributed by atoms with Crippen LogP contribution in [0, 0.1) is 0 Å². The molecule has 0 spiro atoms. The average molecular weight is 216 g/mol. The Hall–Kier alpha value is -0.160. The maximum Gasteiger partial charge on any atom is 0.0935 e. The molecule has 0 amide bonds. The molecule has 4 heteroatoms. The number of hydrogen-bond acceptors (Lipinski definition) is 4. The van der Waals surface area contributed by atoms with Crippen LogP contribution in [-0.2, 0) is 9.47 Å². The zero-order valence-electron chi connectivity index (χ0n) is 10.2. The lowest BCUT2D eigenvalue weighted by Gasteiger charge is -2.35. The highest BCUT2D eigenvalue weighted by Gasteiger charge is 2.21. The van der Waals surface area contributed by atoms with Gasteiger partial charge in [0.1, 0.15) is 0 Å². The molecule has 1 heterocycles. The van der Waals surface area contributed by atoms with E-state index in [1.54, 1.807) is 0 Å². The number of hydrogen-bond donors (Lipinski definition) is 1. The monoisotopic (exact) mass is 216 g/mol. The Morgan fingerprint density at radius 1 is 1.53 bits per heavy atom. The lowest BCUT2D eigenvalue weighted by molar-refractivity contribution is -0.0752. The van der Waals surface area contributed by atoms with Gasteiger partial charge in [-0.25, -0.2) is 0 Å². The van der Waals surface area contributed by atoms with Crippen molar-refractivity contribution in [3.63, 3.8) is 0 Å². The molecule has 0 aromatic heterocycles. The highest BCUT2D eigenvalue weighted by Crippen LogP contribution is 2.08. The van der Waals surface area contributed by atoms with Crippen molar-refractivity contribution in [3.8, 4) is 0 Å². The standard InChI is InChI=1S/C11H24N2O2/c1-10(2)13-5-7-15-11(8-13)9-14-6-4-12-3/h10-12H,4-9H2,1-3H3. The third kappa shape index (κ3) is 4.93. The van der Waals surface area contributed by atoms with Crippen LogP contribution in [0.2, 0.25) is 0 Å². The predicted molar refractivity (Wildman–Crippen MR) is 61.2 cm³/mol. The van der Waals surface area contributed by atoms with E-state index in [1.807, 2.05) is 7.05 Å². The Morgan fingerprint density at radius 2 is 2.33 bits per heavy atom. The maximum absolute atomic E-state index is 5.65. The third-order valence-corrected chi connectivity index (χ3v) is 2.70. The molecule has 1 atom stereocenters. The first-order chi connectivity index (χ1) is 7.24. The van der Waals surface area contributed by atoms with Gasteiger partial charge in [-0.1, -0.05) is 0 Å². The van der Waals surface area contributed by atoms with Crippen molar-refractivity contribution in [2.45, 2.75) is 26.0 Å². The molecule has 1 aliphatic heterocycles. The molecule has 0 aromatic rings. The first kappa shape index (κ1) is 12.9. The summed E-state index contributed by atoms with van der Waals surface area (Å²) in [5.74, 6) is 0. The molecule has 0 bridgehead atoms. The van der Waals surface area contributed by atoms with Gasteiger partial charge in [-0.15, -0.1) is 0 Å². The van der Waals surface area contributed by atoms with E-state index < -0.39 is 0 Å². The summed E-state index contributed by atoms with van der Waals surface area (Å²) in [6.07, 6.45) is 0.248. The molecule has 0 saturated carbocycles. The van der Waals surface area contributed by atoms with Crippen LogP contribution in [0.1, 0.15) is 13.8 Å². The fraction of sp³-hybridized carbons (Fsp3) is 1.00. The second-order valence-corrected chi connectivity index (χ2v) is 4.26. The number of nitrogens with zero attached hydrogens (tertiary/aromatic N) is 1. The van der Waals surface area contributed by atoms with E-state index in [4.69, 9.17) is 9.47 Å². The van der Waals surface area contributed by atoms with Crippen LogP contribution in [0.4, 0.5) is 0 Å². The Bertz CT molecular complexity index is 165. The lowest BCUT2D eigenvalue weighted by atomic mass is 10.2. The van der Waals surface area contributed by atoms with Gasteiger partial charge in [0.2, 0.25) is 0 Å². The first-order valence-electron chi connectivity index (χ1n) is 5.82. The first-order valence-corrected chi connectivity index (χ1v) is 5.82. The summed E-state index contributed by atoms with van der Waals surface area (Å²) in [6.45, 7) is 9.71. The van der Waals surface area contributed by atoms with Crippen LogP contribution >= 0.6 is 0 Å². The van der Waals surface area contributed by atoms with Crippen molar-refractivity contribution in [3.05, 3.63) is 0 Å². The van der Waals surface area contributed by atoms with Crippen molar-refractivity contribution in [1.82, 2.24) is 10.2 Å². The van der Waals surface area contributed by atoms with E-state index in [0.717, 1.165) is 32.8 Å². The number of nitrogens with one attached hydrogen (secondary N) is 1. The molecule has 4 nitrogen and oxygen atoms in total. The van der Waals surface area contributed by atoms with Crippen molar-refractivity contribution < 1.29 is 9.47 Å². The molecule has 0 aromatic carbocycles. The summed E-state index contributed by atoms with van der Waals surface area (Å²) in [7, 11) is 1.93. The highest BCUT2D eigenvalue weighted by molar-refractivity contribution is 4.73. The number of likely N-dealkylation sites (N-methyl/N-ethyl adjacent to an activating group) is 1. The van der Waals surface area contributed by atoms with Crippen LogP contribution in [0.3, 0.4) is 0 Å². The summed E-state index contributed by atoms with van der Waals surface area (Å²) in [5, 5.41) is 3.06. The van der Waals surface area contributed by atoms with Crippen molar-refractivity contribution in [2.24, 2.45) is 0 Å². The summed E-state index contributed by atoms with van der Waals surface area (Å²) in [6, 6.07) is 0.605. The third-order valence-electron chi connectivity index (χ3n) is 2.70. The van der Waals surface area contributed by atoms with Gasteiger partial charge in [-0.05, 0) is 20.9 Å². The van der Waals surface area contributed by atoms with Crippen LogP contribution in [-0.4, -0.2) is 63.5 Å². The van der Waals surface area contributed by atoms with Crippen LogP contribution in [0.25, 0.3) is 0 Å². The minimum Gasteiger partial charge on any atom is -0.377 e. The van der Waals surface area contributed by atoms with E-state index in [2.05, 4.69) is 24.1 Å². The number of morpholine rings is 1. The molecular weight excluding hydrogens is 192 g/mol. The van der Waals surface area contributed by atoms with E-state index in [9.17, 15) is 0 Å². The SMILES string of the molecule is CNCCOCC1CN(C(C)C)CCO1. The van der Waals surface area contributed by atoms with E-state index in [1.165, 1.54) is 0 Å². The topological polar surface area (TPSA) is 33.7 Å². The number of ether oxygens (including phenoxy) is 2. The zero-order chi connectivity index (χ0) is 11.1. The van der Waals surface area contributed by atoms with Crippen LogP contribution < -0.4 is 5.32 Å².